The summed E-state index contributed by atoms with van der Waals surface area (Å²) in [6.07, 6.45) is 3.55. The Bertz CT molecular complexity index is 1240. The molecule has 1 N–H and O–H groups in total. The van der Waals surface area contributed by atoms with Crippen molar-refractivity contribution in [3.8, 4) is 22.8 Å². The first-order valence-corrected chi connectivity index (χ1v) is 10.9. The van der Waals surface area contributed by atoms with E-state index in [4.69, 9.17) is 9.40 Å². The highest BCUT2D eigenvalue weighted by Gasteiger charge is 2.21. The SMILES string of the molecule is O=C(Nc1ccc(-c2nc(-c3ccccc3)n(CC(=O)N3CCCC3)n2)cc1)c1ccco1. The van der Waals surface area contributed by atoms with Gasteiger partial charge in [-0.05, 0) is 49.2 Å². The second-order valence-corrected chi connectivity index (χ2v) is 7.88. The molecule has 0 spiro atoms. The number of amides is 2. The summed E-state index contributed by atoms with van der Waals surface area (Å²) < 4.78 is 6.80. The lowest BCUT2D eigenvalue weighted by Gasteiger charge is -2.15. The first kappa shape index (κ1) is 20.7. The van der Waals surface area contributed by atoms with Gasteiger partial charge in [-0.3, -0.25) is 9.59 Å². The number of carbonyl (C=O) groups is 2. The first-order chi connectivity index (χ1) is 16.2. The summed E-state index contributed by atoms with van der Waals surface area (Å²) in [6, 6.07) is 20.3. The third kappa shape index (κ3) is 4.55. The van der Waals surface area contributed by atoms with E-state index in [1.807, 2.05) is 47.4 Å². The van der Waals surface area contributed by atoms with E-state index in [-0.39, 0.29) is 24.1 Å². The van der Waals surface area contributed by atoms with E-state index >= 15 is 0 Å². The first-order valence-electron chi connectivity index (χ1n) is 10.9. The Morgan fingerprint density at radius 3 is 2.36 bits per heavy atom. The molecule has 0 aliphatic carbocycles. The van der Waals surface area contributed by atoms with Crippen molar-refractivity contribution in [3.63, 3.8) is 0 Å². The predicted octanol–water partition coefficient (Wildman–Crippen LogP) is 4.08. The minimum absolute atomic E-state index is 0.0529. The molecule has 2 aromatic carbocycles. The average Bonchev–Trinajstić information content (AvgIpc) is 3.62. The molecule has 166 valence electrons. The van der Waals surface area contributed by atoms with E-state index in [0.717, 1.165) is 37.1 Å². The van der Waals surface area contributed by atoms with Crippen LogP contribution in [0.5, 0.6) is 0 Å². The lowest BCUT2D eigenvalue weighted by Crippen LogP contribution is -2.31. The number of carbonyl (C=O) groups excluding carboxylic acids is 2. The molecule has 1 fully saturated rings. The zero-order chi connectivity index (χ0) is 22.6. The van der Waals surface area contributed by atoms with Crippen LogP contribution in [-0.4, -0.2) is 44.6 Å². The molecule has 2 aromatic heterocycles. The van der Waals surface area contributed by atoms with Gasteiger partial charge in [0, 0.05) is 29.9 Å². The number of furan rings is 1. The Balaban J connectivity index is 1.40. The van der Waals surface area contributed by atoms with Crippen LogP contribution < -0.4 is 5.32 Å². The number of aromatic nitrogens is 3. The lowest BCUT2D eigenvalue weighted by molar-refractivity contribution is -0.130. The zero-order valence-electron chi connectivity index (χ0n) is 18.0. The van der Waals surface area contributed by atoms with Crippen LogP contribution in [0.25, 0.3) is 22.8 Å². The van der Waals surface area contributed by atoms with Crippen molar-refractivity contribution >= 4 is 17.5 Å². The number of nitrogens with zero attached hydrogens (tertiary/aromatic N) is 4. The molecule has 0 saturated carbocycles. The maximum atomic E-state index is 12.8. The summed E-state index contributed by atoms with van der Waals surface area (Å²) in [6.45, 7) is 1.74. The van der Waals surface area contributed by atoms with Gasteiger partial charge in [0.2, 0.25) is 5.91 Å². The summed E-state index contributed by atoms with van der Waals surface area (Å²) in [4.78, 5) is 31.6. The van der Waals surface area contributed by atoms with Gasteiger partial charge in [0.05, 0.1) is 6.26 Å². The van der Waals surface area contributed by atoms with Gasteiger partial charge in [-0.2, -0.15) is 0 Å². The summed E-state index contributed by atoms with van der Waals surface area (Å²) in [5.74, 6) is 1.15. The molecule has 1 aliphatic heterocycles. The molecule has 4 aromatic rings. The molecule has 5 rings (SSSR count). The Hall–Kier alpha value is -4.20. The predicted molar refractivity (Wildman–Crippen MR) is 123 cm³/mol. The van der Waals surface area contributed by atoms with Gasteiger partial charge >= 0.3 is 0 Å². The van der Waals surface area contributed by atoms with Crippen molar-refractivity contribution < 1.29 is 14.0 Å². The van der Waals surface area contributed by atoms with Crippen molar-refractivity contribution in [2.45, 2.75) is 19.4 Å². The normalized spacial score (nSPS) is 13.3. The van der Waals surface area contributed by atoms with Crippen LogP contribution in [-0.2, 0) is 11.3 Å². The molecule has 0 bridgehead atoms. The van der Waals surface area contributed by atoms with Crippen LogP contribution in [0.3, 0.4) is 0 Å². The fraction of sp³-hybridized carbons (Fsp3) is 0.200. The molecule has 0 atom stereocenters. The standard InChI is InChI=1S/C25H23N5O3/c31-22(29-14-4-5-15-29)17-30-24(19-7-2-1-3-8-19)27-23(28-30)18-10-12-20(13-11-18)26-25(32)21-9-6-16-33-21/h1-3,6-13,16H,4-5,14-15,17H2,(H,26,32). The highest BCUT2D eigenvalue weighted by molar-refractivity contribution is 6.02. The number of likely N-dealkylation sites (tertiary alicyclic amines) is 1. The number of hydrogen-bond donors (Lipinski definition) is 1. The van der Waals surface area contributed by atoms with Gasteiger partial charge in [-0.1, -0.05) is 30.3 Å². The summed E-state index contributed by atoms with van der Waals surface area (Å²) in [5.41, 5.74) is 2.32. The topological polar surface area (TPSA) is 93.3 Å². The van der Waals surface area contributed by atoms with E-state index in [1.165, 1.54) is 6.26 Å². The van der Waals surface area contributed by atoms with E-state index in [1.54, 1.807) is 28.9 Å². The maximum absolute atomic E-state index is 12.8. The fourth-order valence-corrected chi connectivity index (χ4v) is 3.87. The second-order valence-electron chi connectivity index (χ2n) is 7.88. The molecule has 0 unspecified atom stereocenters. The van der Waals surface area contributed by atoms with Gasteiger partial charge in [0.1, 0.15) is 6.54 Å². The largest absolute Gasteiger partial charge is 0.459 e. The molecule has 1 saturated heterocycles. The number of hydrogen-bond acceptors (Lipinski definition) is 5. The van der Waals surface area contributed by atoms with E-state index in [9.17, 15) is 9.59 Å². The van der Waals surface area contributed by atoms with Crippen LogP contribution in [0.4, 0.5) is 5.69 Å². The number of nitrogens with one attached hydrogen (secondary N) is 1. The van der Waals surface area contributed by atoms with Gasteiger partial charge in [0.25, 0.3) is 5.91 Å². The van der Waals surface area contributed by atoms with Crippen LogP contribution in [0, 0.1) is 0 Å². The Labute approximate surface area is 190 Å². The van der Waals surface area contributed by atoms with Crippen molar-refractivity contribution in [1.29, 1.82) is 0 Å². The molecule has 3 heterocycles. The zero-order valence-corrected chi connectivity index (χ0v) is 18.0. The Morgan fingerprint density at radius 2 is 1.67 bits per heavy atom. The highest BCUT2D eigenvalue weighted by Crippen LogP contribution is 2.24. The summed E-state index contributed by atoms with van der Waals surface area (Å²) in [7, 11) is 0. The number of anilines is 1. The minimum atomic E-state index is -0.318. The highest BCUT2D eigenvalue weighted by atomic mass is 16.3. The van der Waals surface area contributed by atoms with Gasteiger partial charge in [-0.25, -0.2) is 9.67 Å². The smallest absolute Gasteiger partial charge is 0.291 e. The van der Waals surface area contributed by atoms with Gasteiger partial charge in [0.15, 0.2) is 17.4 Å². The third-order valence-corrected chi connectivity index (χ3v) is 5.59. The Morgan fingerprint density at radius 1 is 0.909 bits per heavy atom. The maximum Gasteiger partial charge on any atom is 0.291 e. The molecule has 0 radical (unpaired) electrons. The van der Waals surface area contributed by atoms with Crippen molar-refractivity contribution in [2.75, 3.05) is 18.4 Å². The van der Waals surface area contributed by atoms with E-state index < -0.39 is 0 Å². The van der Waals surface area contributed by atoms with Gasteiger partial charge in [-0.15, -0.1) is 5.10 Å². The van der Waals surface area contributed by atoms with Crippen LogP contribution in [0.1, 0.15) is 23.4 Å². The molecule has 8 nitrogen and oxygen atoms in total. The monoisotopic (exact) mass is 441 g/mol. The van der Waals surface area contributed by atoms with Crippen LogP contribution >= 0.6 is 0 Å². The average molecular weight is 441 g/mol. The van der Waals surface area contributed by atoms with E-state index in [2.05, 4.69) is 10.4 Å². The lowest BCUT2D eigenvalue weighted by atomic mass is 10.2. The third-order valence-electron chi connectivity index (χ3n) is 5.59. The molecule has 1 aliphatic rings. The quantitative estimate of drug-likeness (QED) is 0.487. The molecular weight excluding hydrogens is 418 g/mol. The fourth-order valence-electron chi connectivity index (χ4n) is 3.87. The number of benzene rings is 2. The number of rotatable bonds is 6. The molecular formula is C25H23N5O3. The van der Waals surface area contributed by atoms with E-state index in [0.29, 0.717) is 17.3 Å². The van der Waals surface area contributed by atoms with Crippen molar-refractivity contribution in [1.82, 2.24) is 19.7 Å². The summed E-state index contributed by atoms with van der Waals surface area (Å²) in [5, 5.41) is 7.45. The molecule has 2 amide bonds. The van der Waals surface area contributed by atoms with Crippen molar-refractivity contribution in [2.24, 2.45) is 0 Å². The molecule has 33 heavy (non-hydrogen) atoms. The van der Waals surface area contributed by atoms with Crippen molar-refractivity contribution in [3.05, 3.63) is 78.8 Å². The Kier molecular flexibility index (Phi) is 5.72. The minimum Gasteiger partial charge on any atom is -0.459 e. The van der Waals surface area contributed by atoms with Gasteiger partial charge < -0.3 is 14.6 Å². The second kappa shape index (κ2) is 9.12. The summed E-state index contributed by atoms with van der Waals surface area (Å²) >= 11 is 0. The molecule has 8 heteroatoms. The van der Waals surface area contributed by atoms with Crippen LogP contribution in [0.15, 0.2) is 77.4 Å². The van der Waals surface area contributed by atoms with Crippen LogP contribution in [0.2, 0.25) is 0 Å².